The summed E-state index contributed by atoms with van der Waals surface area (Å²) in [4.78, 5) is 0. The molecule has 13 heavy (non-hydrogen) atoms. The molecule has 1 aromatic carbocycles. The molecule has 0 saturated carbocycles. The van der Waals surface area contributed by atoms with Crippen LogP contribution in [-0.2, 0) is 5.54 Å². The molecule has 0 saturated heterocycles. The standard InChI is InChI=1S/C9H12ClFN2/c1-9(2,13)6-3-5(11)4-7(10)8(6)12/h3-4H,12-13H2,1-2H3. The predicted molar refractivity (Wildman–Crippen MR) is 53.0 cm³/mol. The summed E-state index contributed by atoms with van der Waals surface area (Å²) in [6, 6.07) is 2.48. The molecule has 2 nitrogen and oxygen atoms in total. The molecule has 0 heterocycles. The van der Waals surface area contributed by atoms with E-state index in [9.17, 15) is 4.39 Å². The van der Waals surface area contributed by atoms with Crippen molar-refractivity contribution in [2.24, 2.45) is 5.73 Å². The normalized spacial score (nSPS) is 11.8. The summed E-state index contributed by atoms with van der Waals surface area (Å²) in [5.41, 5.74) is 11.6. The quantitative estimate of drug-likeness (QED) is 0.687. The first-order valence-electron chi connectivity index (χ1n) is 3.86. The third-order valence-corrected chi connectivity index (χ3v) is 2.10. The maximum Gasteiger partial charge on any atom is 0.125 e. The summed E-state index contributed by atoms with van der Waals surface area (Å²) in [6.45, 7) is 3.49. The van der Waals surface area contributed by atoms with Crippen LogP contribution in [0.25, 0.3) is 0 Å². The Morgan fingerprint density at radius 3 is 2.38 bits per heavy atom. The van der Waals surface area contributed by atoms with Crippen molar-refractivity contribution in [2.45, 2.75) is 19.4 Å². The molecule has 0 spiro atoms. The van der Waals surface area contributed by atoms with E-state index in [1.807, 2.05) is 0 Å². The fourth-order valence-corrected chi connectivity index (χ4v) is 1.32. The van der Waals surface area contributed by atoms with Crippen LogP contribution < -0.4 is 11.5 Å². The third-order valence-electron chi connectivity index (χ3n) is 1.79. The lowest BCUT2D eigenvalue weighted by atomic mass is 9.94. The second kappa shape index (κ2) is 3.16. The average molecular weight is 203 g/mol. The molecule has 0 unspecified atom stereocenters. The van der Waals surface area contributed by atoms with Gasteiger partial charge in [-0.3, -0.25) is 0 Å². The van der Waals surface area contributed by atoms with Crippen LogP contribution in [0.4, 0.5) is 10.1 Å². The third kappa shape index (κ3) is 2.11. The molecule has 0 atom stereocenters. The predicted octanol–water partition coefficient (Wildman–Crippen LogP) is 2.26. The van der Waals surface area contributed by atoms with Gasteiger partial charge in [-0.25, -0.2) is 4.39 Å². The number of nitrogen functional groups attached to an aromatic ring is 1. The van der Waals surface area contributed by atoms with E-state index in [0.717, 1.165) is 0 Å². The van der Waals surface area contributed by atoms with Crippen LogP contribution in [0.1, 0.15) is 19.4 Å². The Kier molecular flexibility index (Phi) is 2.50. The highest BCUT2D eigenvalue weighted by molar-refractivity contribution is 6.33. The van der Waals surface area contributed by atoms with E-state index in [1.54, 1.807) is 13.8 Å². The van der Waals surface area contributed by atoms with E-state index in [-0.39, 0.29) is 5.02 Å². The number of hydrogen-bond acceptors (Lipinski definition) is 2. The van der Waals surface area contributed by atoms with Gasteiger partial charge >= 0.3 is 0 Å². The largest absolute Gasteiger partial charge is 0.397 e. The van der Waals surface area contributed by atoms with Crippen molar-refractivity contribution in [2.75, 3.05) is 5.73 Å². The highest BCUT2D eigenvalue weighted by Crippen LogP contribution is 2.30. The minimum Gasteiger partial charge on any atom is -0.397 e. The first kappa shape index (κ1) is 10.3. The van der Waals surface area contributed by atoms with Crippen LogP contribution in [0.2, 0.25) is 5.02 Å². The van der Waals surface area contributed by atoms with Crippen LogP contribution in [0.15, 0.2) is 12.1 Å². The minimum atomic E-state index is -0.685. The Balaban J connectivity index is 3.37. The fourth-order valence-electron chi connectivity index (χ4n) is 1.12. The maximum atomic E-state index is 12.9. The molecule has 0 fully saturated rings. The lowest BCUT2D eigenvalue weighted by molar-refractivity contribution is 0.546. The Labute approximate surface area is 81.7 Å². The summed E-state index contributed by atoms with van der Waals surface area (Å²) in [5, 5.41) is 0.202. The van der Waals surface area contributed by atoms with E-state index in [4.69, 9.17) is 23.1 Å². The van der Waals surface area contributed by atoms with Gasteiger partial charge in [0, 0.05) is 5.54 Å². The van der Waals surface area contributed by atoms with E-state index in [1.165, 1.54) is 12.1 Å². The van der Waals surface area contributed by atoms with Gasteiger partial charge in [-0.05, 0) is 31.5 Å². The van der Waals surface area contributed by atoms with E-state index in [2.05, 4.69) is 0 Å². The second-order valence-corrected chi connectivity index (χ2v) is 3.98. The fraction of sp³-hybridized carbons (Fsp3) is 0.333. The van der Waals surface area contributed by atoms with Gasteiger partial charge in [0.05, 0.1) is 10.7 Å². The zero-order chi connectivity index (χ0) is 10.2. The Bertz CT molecular complexity index is 331. The molecule has 1 aromatic rings. The van der Waals surface area contributed by atoms with Crippen LogP contribution in [0, 0.1) is 5.82 Å². The monoisotopic (exact) mass is 202 g/mol. The molecule has 0 aliphatic rings. The van der Waals surface area contributed by atoms with Crippen molar-refractivity contribution >= 4 is 17.3 Å². The van der Waals surface area contributed by atoms with Gasteiger partial charge in [0.25, 0.3) is 0 Å². The molecular formula is C9H12ClFN2. The van der Waals surface area contributed by atoms with Gasteiger partial charge in [0.2, 0.25) is 0 Å². The van der Waals surface area contributed by atoms with Crippen LogP contribution in [-0.4, -0.2) is 0 Å². The molecule has 4 heteroatoms. The maximum absolute atomic E-state index is 12.9. The minimum absolute atomic E-state index is 0.202. The zero-order valence-electron chi connectivity index (χ0n) is 7.57. The summed E-state index contributed by atoms with van der Waals surface area (Å²) in [7, 11) is 0. The number of hydrogen-bond donors (Lipinski definition) is 2. The molecule has 0 aliphatic carbocycles. The smallest absolute Gasteiger partial charge is 0.125 e. The first-order valence-corrected chi connectivity index (χ1v) is 4.24. The lowest BCUT2D eigenvalue weighted by Crippen LogP contribution is -2.30. The number of benzene rings is 1. The number of anilines is 1. The van der Waals surface area contributed by atoms with E-state index in [0.29, 0.717) is 11.3 Å². The van der Waals surface area contributed by atoms with E-state index >= 15 is 0 Å². The van der Waals surface area contributed by atoms with Crippen molar-refractivity contribution < 1.29 is 4.39 Å². The number of halogens is 2. The molecule has 0 aliphatic heterocycles. The Morgan fingerprint density at radius 2 is 1.92 bits per heavy atom. The summed E-state index contributed by atoms with van der Waals surface area (Å²) < 4.78 is 12.9. The molecule has 4 N–H and O–H groups in total. The van der Waals surface area contributed by atoms with Gasteiger partial charge in [0.15, 0.2) is 0 Å². The molecule has 1 rings (SSSR count). The van der Waals surface area contributed by atoms with Gasteiger partial charge in [-0.15, -0.1) is 0 Å². The van der Waals surface area contributed by atoms with Gasteiger partial charge in [0.1, 0.15) is 5.82 Å². The van der Waals surface area contributed by atoms with Crippen LogP contribution in [0.5, 0.6) is 0 Å². The Hall–Kier alpha value is -0.800. The van der Waals surface area contributed by atoms with Gasteiger partial charge < -0.3 is 11.5 Å². The average Bonchev–Trinajstić information content (AvgIpc) is 1.94. The molecule has 0 aromatic heterocycles. The van der Waals surface area contributed by atoms with Crippen LogP contribution >= 0.6 is 11.6 Å². The molecule has 0 radical (unpaired) electrons. The molecule has 72 valence electrons. The first-order chi connectivity index (χ1) is 5.82. The van der Waals surface area contributed by atoms with Crippen molar-refractivity contribution in [3.63, 3.8) is 0 Å². The van der Waals surface area contributed by atoms with Crippen molar-refractivity contribution in [3.05, 3.63) is 28.5 Å². The molecule has 0 bridgehead atoms. The van der Waals surface area contributed by atoms with Crippen LogP contribution in [0.3, 0.4) is 0 Å². The second-order valence-electron chi connectivity index (χ2n) is 3.57. The Morgan fingerprint density at radius 1 is 1.38 bits per heavy atom. The topological polar surface area (TPSA) is 52.0 Å². The lowest BCUT2D eigenvalue weighted by Gasteiger charge is -2.21. The number of rotatable bonds is 1. The summed E-state index contributed by atoms with van der Waals surface area (Å²) in [6.07, 6.45) is 0. The zero-order valence-corrected chi connectivity index (χ0v) is 8.32. The van der Waals surface area contributed by atoms with Gasteiger partial charge in [-0.2, -0.15) is 0 Å². The van der Waals surface area contributed by atoms with Crippen molar-refractivity contribution in [1.82, 2.24) is 0 Å². The molecule has 0 amide bonds. The highest BCUT2D eigenvalue weighted by Gasteiger charge is 2.19. The number of nitrogens with two attached hydrogens (primary N) is 2. The molecular weight excluding hydrogens is 191 g/mol. The SMILES string of the molecule is CC(C)(N)c1cc(F)cc(Cl)c1N. The van der Waals surface area contributed by atoms with Crippen molar-refractivity contribution in [3.8, 4) is 0 Å². The highest BCUT2D eigenvalue weighted by atomic mass is 35.5. The van der Waals surface area contributed by atoms with E-state index < -0.39 is 11.4 Å². The summed E-state index contributed by atoms with van der Waals surface area (Å²) in [5.74, 6) is -0.423. The van der Waals surface area contributed by atoms with Crippen molar-refractivity contribution in [1.29, 1.82) is 0 Å². The summed E-state index contributed by atoms with van der Waals surface area (Å²) >= 11 is 5.70. The van der Waals surface area contributed by atoms with Gasteiger partial charge in [-0.1, -0.05) is 11.6 Å².